The zero-order chi connectivity index (χ0) is 20.9. The van der Waals surface area contributed by atoms with Gasteiger partial charge in [-0.15, -0.1) is 0 Å². The third kappa shape index (κ3) is 5.11. The molecular weight excluding hydrogens is 374 g/mol. The van der Waals surface area contributed by atoms with E-state index in [-0.39, 0.29) is 0 Å². The first-order valence-corrected chi connectivity index (χ1v) is 10.9. The van der Waals surface area contributed by atoms with Crippen molar-refractivity contribution < 1.29 is 13.2 Å². The van der Waals surface area contributed by atoms with E-state index in [4.69, 9.17) is 5.26 Å². The Hall–Kier alpha value is -2.85. The molecule has 2 aromatic rings. The van der Waals surface area contributed by atoms with Gasteiger partial charge in [-0.2, -0.15) is 5.26 Å². The van der Waals surface area contributed by atoms with Gasteiger partial charge < -0.3 is 5.32 Å². The molecule has 0 aromatic heterocycles. The van der Waals surface area contributed by atoms with E-state index in [0.29, 0.717) is 24.2 Å². The summed E-state index contributed by atoms with van der Waals surface area (Å²) >= 11 is 0. The van der Waals surface area contributed by atoms with E-state index in [2.05, 4.69) is 11.4 Å². The number of aryl methyl sites for hydroxylation is 2. The number of benzene rings is 2. The quantitative estimate of drug-likeness (QED) is 0.771. The lowest BCUT2D eigenvalue weighted by atomic mass is 10.1. The van der Waals surface area contributed by atoms with Crippen LogP contribution < -0.4 is 9.62 Å². The van der Waals surface area contributed by atoms with Crippen LogP contribution in [0, 0.1) is 25.2 Å². The summed E-state index contributed by atoms with van der Waals surface area (Å²) in [4.78, 5) is 12.9. The fourth-order valence-electron chi connectivity index (χ4n) is 2.95. The molecular formula is C21H25N3O3S. The molecule has 148 valence electrons. The maximum Gasteiger partial charge on any atom is 0.248 e. The highest BCUT2D eigenvalue weighted by molar-refractivity contribution is 7.92. The zero-order valence-corrected chi connectivity index (χ0v) is 17.4. The molecule has 0 aliphatic carbocycles. The van der Waals surface area contributed by atoms with Gasteiger partial charge in [0, 0.05) is 5.69 Å². The highest BCUT2D eigenvalue weighted by atomic mass is 32.2. The van der Waals surface area contributed by atoms with Crippen LogP contribution in [-0.4, -0.2) is 26.6 Å². The number of carbonyl (C=O) groups is 1. The first-order chi connectivity index (χ1) is 13.2. The molecule has 1 amide bonds. The van der Waals surface area contributed by atoms with Gasteiger partial charge in [0.15, 0.2) is 0 Å². The Labute approximate surface area is 166 Å². The molecule has 2 rings (SSSR count). The van der Waals surface area contributed by atoms with Crippen molar-refractivity contribution in [1.82, 2.24) is 0 Å². The molecule has 0 aliphatic rings. The summed E-state index contributed by atoms with van der Waals surface area (Å²) in [6.07, 6.45) is 1.72. The highest BCUT2D eigenvalue weighted by Gasteiger charge is 2.31. The Kier molecular flexibility index (Phi) is 6.81. The molecule has 28 heavy (non-hydrogen) atoms. The first-order valence-electron chi connectivity index (χ1n) is 9.00. The molecule has 7 heteroatoms. The smallest absolute Gasteiger partial charge is 0.248 e. The molecule has 0 unspecified atom stereocenters. The van der Waals surface area contributed by atoms with Crippen LogP contribution in [0.15, 0.2) is 42.5 Å². The summed E-state index contributed by atoms with van der Waals surface area (Å²) in [7, 11) is -3.67. The van der Waals surface area contributed by atoms with Crippen molar-refractivity contribution in [3.8, 4) is 6.07 Å². The maximum atomic E-state index is 12.9. The molecule has 0 saturated heterocycles. The highest BCUT2D eigenvalue weighted by Crippen LogP contribution is 2.25. The van der Waals surface area contributed by atoms with Gasteiger partial charge >= 0.3 is 0 Å². The predicted molar refractivity (Wildman–Crippen MR) is 112 cm³/mol. The minimum absolute atomic E-state index is 0.292. The first kappa shape index (κ1) is 21.5. The molecule has 0 spiro atoms. The van der Waals surface area contributed by atoms with Crippen LogP contribution in [0.1, 0.15) is 30.0 Å². The van der Waals surface area contributed by atoms with E-state index < -0.39 is 22.0 Å². The number of nitriles is 1. The Balaban J connectivity index is 2.33. The van der Waals surface area contributed by atoms with Crippen LogP contribution in [0.4, 0.5) is 11.4 Å². The number of sulfonamides is 1. The zero-order valence-electron chi connectivity index (χ0n) is 16.6. The Morgan fingerprint density at radius 1 is 1.14 bits per heavy atom. The lowest BCUT2D eigenvalue weighted by Crippen LogP contribution is -2.47. The van der Waals surface area contributed by atoms with E-state index in [1.54, 1.807) is 43.3 Å². The van der Waals surface area contributed by atoms with Crippen LogP contribution in [-0.2, 0) is 21.2 Å². The molecule has 2 aromatic carbocycles. The van der Waals surface area contributed by atoms with Crippen molar-refractivity contribution in [2.24, 2.45) is 0 Å². The predicted octanol–water partition coefficient (Wildman–Crippen LogP) is 3.55. The average Bonchev–Trinajstić information content (AvgIpc) is 2.63. The van der Waals surface area contributed by atoms with Crippen LogP contribution in [0.3, 0.4) is 0 Å². The Bertz CT molecular complexity index is 993. The van der Waals surface area contributed by atoms with Crippen molar-refractivity contribution >= 4 is 27.3 Å². The van der Waals surface area contributed by atoms with Crippen LogP contribution in [0.5, 0.6) is 0 Å². The molecule has 0 heterocycles. The van der Waals surface area contributed by atoms with E-state index in [1.807, 2.05) is 19.9 Å². The molecule has 1 atom stereocenters. The third-order valence-corrected chi connectivity index (χ3v) is 5.76. The molecule has 0 fully saturated rings. The van der Waals surface area contributed by atoms with E-state index in [1.165, 1.54) is 4.31 Å². The number of nitrogens with zero attached hydrogens (tertiary/aromatic N) is 2. The molecule has 0 bridgehead atoms. The van der Waals surface area contributed by atoms with Crippen LogP contribution >= 0.6 is 0 Å². The minimum Gasteiger partial charge on any atom is -0.324 e. The molecule has 1 N–H and O–H groups in total. The largest absolute Gasteiger partial charge is 0.324 e. The van der Waals surface area contributed by atoms with Gasteiger partial charge in [0.2, 0.25) is 15.9 Å². The number of nitrogens with one attached hydrogen (secondary N) is 1. The maximum absolute atomic E-state index is 12.9. The number of carbonyl (C=O) groups excluding carboxylic acids is 1. The van der Waals surface area contributed by atoms with Gasteiger partial charge in [-0.25, -0.2) is 8.42 Å². The third-order valence-electron chi connectivity index (χ3n) is 4.58. The lowest BCUT2D eigenvalue weighted by Gasteiger charge is -2.30. The van der Waals surface area contributed by atoms with Gasteiger partial charge in [0.05, 0.1) is 24.4 Å². The lowest BCUT2D eigenvalue weighted by molar-refractivity contribution is -0.117. The van der Waals surface area contributed by atoms with E-state index in [0.717, 1.165) is 22.9 Å². The second-order valence-electron chi connectivity index (χ2n) is 6.77. The number of hydrogen-bond donors (Lipinski definition) is 1. The number of hydrogen-bond acceptors (Lipinski definition) is 4. The summed E-state index contributed by atoms with van der Waals surface area (Å²) in [6.45, 7) is 5.63. The average molecular weight is 400 g/mol. The summed E-state index contributed by atoms with van der Waals surface area (Å²) in [6, 6.07) is 13.5. The summed E-state index contributed by atoms with van der Waals surface area (Å²) in [5.74, 6) is -0.404. The topological polar surface area (TPSA) is 90.3 Å². The van der Waals surface area contributed by atoms with E-state index >= 15 is 0 Å². The number of anilines is 2. The fourth-order valence-corrected chi connectivity index (χ4v) is 4.15. The Morgan fingerprint density at radius 2 is 1.79 bits per heavy atom. The van der Waals surface area contributed by atoms with Crippen LogP contribution in [0.2, 0.25) is 0 Å². The van der Waals surface area contributed by atoms with Crippen molar-refractivity contribution in [2.45, 2.75) is 39.7 Å². The monoisotopic (exact) mass is 399 g/mol. The summed E-state index contributed by atoms with van der Waals surface area (Å²) in [5.41, 5.74) is 3.87. The summed E-state index contributed by atoms with van der Waals surface area (Å²) in [5, 5.41) is 11.5. The van der Waals surface area contributed by atoms with Gasteiger partial charge in [-0.1, -0.05) is 25.1 Å². The number of amides is 1. The van der Waals surface area contributed by atoms with Crippen molar-refractivity contribution in [2.75, 3.05) is 15.9 Å². The summed E-state index contributed by atoms with van der Waals surface area (Å²) < 4.78 is 26.2. The van der Waals surface area contributed by atoms with E-state index in [9.17, 15) is 13.2 Å². The van der Waals surface area contributed by atoms with Gasteiger partial charge in [0.1, 0.15) is 6.04 Å². The normalized spacial score (nSPS) is 12.1. The molecule has 6 nitrogen and oxygen atoms in total. The standard InChI is InChI=1S/C21H25N3O3S/c1-5-20(21(25)23-18-9-7-17(8-10-18)12-13-22)24(28(4,26)27)19-11-6-15(2)16(3)14-19/h6-11,14,20H,5,12H2,1-4H3,(H,23,25)/t20-/m1/s1. The minimum atomic E-state index is -3.67. The van der Waals surface area contributed by atoms with Crippen molar-refractivity contribution in [3.05, 3.63) is 59.2 Å². The van der Waals surface area contributed by atoms with Gasteiger partial charge in [0.25, 0.3) is 0 Å². The second-order valence-corrected chi connectivity index (χ2v) is 8.63. The second kappa shape index (κ2) is 8.89. The van der Waals surface area contributed by atoms with Crippen molar-refractivity contribution in [3.63, 3.8) is 0 Å². The number of rotatable bonds is 7. The van der Waals surface area contributed by atoms with Crippen LogP contribution in [0.25, 0.3) is 0 Å². The van der Waals surface area contributed by atoms with Gasteiger partial charge in [-0.05, 0) is 61.2 Å². The molecule has 0 radical (unpaired) electrons. The van der Waals surface area contributed by atoms with Crippen molar-refractivity contribution in [1.29, 1.82) is 5.26 Å². The molecule has 0 saturated carbocycles. The van der Waals surface area contributed by atoms with Gasteiger partial charge in [-0.3, -0.25) is 9.10 Å². The molecule has 0 aliphatic heterocycles. The fraction of sp³-hybridized carbons (Fsp3) is 0.333. The SMILES string of the molecule is CC[C@H](C(=O)Nc1ccc(CC#N)cc1)N(c1ccc(C)c(C)c1)S(C)(=O)=O. The Morgan fingerprint density at radius 3 is 2.29 bits per heavy atom.